The van der Waals surface area contributed by atoms with Crippen LogP contribution in [0.25, 0.3) is 0 Å². The molecule has 2 amide bonds. The van der Waals surface area contributed by atoms with Crippen molar-refractivity contribution in [1.29, 1.82) is 0 Å². The van der Waals surface area contributed by atoms with Gasteiger partial charge in [-0.3, -0.25) is 19.2 Å². The molecule has 1 saturated heterocycles. The van der Waals surface area contributed by atoms with Crippen LogP contribution in [0.3, 0.4) is 0 Å². The molecule has 1 fully saturated rings. The number of rotatable bonds is 8. The van der Waals surface area contributed by atoms with Gasteiger partial charge in [0.2, 0.25) is 5.91 Å². The first-order chi connectivity index (χ1) is 17.4. The molecule has 2 aromatic carbocycles. The fourth-order valence-corrected chi connectivity index (χ4v) is 5.11. The second-order valence-electron chi connectivity index (χ2n) is 9.85. The molecule has 1 aromatic heterocycles. The number of fused-ring (bicyclic) bond motifs is 1. The van der Waals surface area contributed by atoms with Crippen LogP contribution < -0.4 is 10.1 Å². The molecule has 8 heteroatoms. The maximum absolute atomic E-state index is 12.9. The van der Waals surface area contributed by atoms with E-state index in [-0.39, 0.29) is 24.0 Å². The lowest BCUT2D eigenvalue weighted by Crippen LogP contribution is -2.42. The molecule has 5 rings (SSSR count). The van der Waals surface area contributed by atoms with Gasteiger partial charge in [-0.1, -0.05) is 30.3 Å². The first-order valence-corrected chi connectivity index (χ1v) is 12.5. The molecule has 8 nitrogen and oxygen atoms in total. The zero-order chi connectivity index (χ0) is 25.1. The van der Waals surface area contributed by atoms with Crippen LogP contribution in [0, 0.1) is 0 Å². The number of likely N-dealkylation sites (tertiary alicyclic amines) is 1. The summed E-state index contributed by atoms with van der Waals surface area (Å²) >= 11 is 0. The van der Waals surface area contributed by atoms with Crippen LogP contribution in [0.5, 0.6) is 5.75 Å². The number of aromatic nitrogens is 2. The zero-order valence-corrected chi connectivity index (χ0v) is 20.9. The van der Waals surface area contributed by atoms with Gasteiger partial charge in [-0.2, -0.15) is 5.10 Å². The summed E-state index contributed by atoms with van der Waals surface area (Å²) in [6.07, 6.45) is 5.94. The summed E-state index contributed by atoms with van der Waals surface area (Å²) in [6, 6.07) is 15.5. The largest absolute Gasteiger partial charge is 0.490 e. The molecule has 3 aromatic rings. The minimum absolute atomic E-state index is 0.0789. The first kappa shape index (κ1) is 24.1. The predicted molar refractivity (Wildman–Crippen MR) is 136 cm³/mol. The lowest BCUT2D eigenvalue weighted by molar-refractivity contribution is -0.133. The number of nitrogens with zero attached hydrogens (tertiary/aromatic N) is 4. The van der Waals surface area contributed by atoms with Gasteiger partial charge < -0.3 is 15.0 Å². The number of aryl methyl sites for hydroxylation is 1. The van der Waals surface area contributed by atoms with Crippen LogP contribution in [-0.2, 0) is 24.9 Å². The summed E-state index contributed by atoms with van der Waals surface area (Å²) in [7, 11) is 4.03. The molecular weight excluding hydrogens is 454 g/mol. The third kappa shape index (κ3) is 5.60. The number of amides is 2. The molecule has 188 valence electrons. The van der Waals surface area contributed by atoms with Crippen molar-refractivity contribution in [3.63, 3.8) is 0 Å². The molecule has 1 atom stereocenters. The Bertz CT molecular complexity index is 1210. The van der Waals surface area contributed by atoms with Crippen LogP contribution in [-0.4, -0.2) is 57.6 Å². The highest BCUT2D eigenvalue weighted by Crippen LogP contribution is 2.29. The highest BCUT2D eigenvalue weighted by Gasteiger charge is 2.32. The highest BCUT2D eigenvalue weighted by atomic mass is 16.5. The van der Waals surface area contributed by atoms with E-state index >= 15 is 0 Å². The summed E-state index contributed by atoms with van der Waals surface area (Å²) in [6.45, 7) is 3.04. The average molecular weight is 488 g/mol. The molecule has 1 N–H and O–H groups in total. The second kappa shape index (κ2) is 10.5. The lowest BCUT2D eigenvalue weighted by atomic mass is 10.0. The van der Waals surface area contributed by atoms with Gasteiger partial charge in [-0.15, -0.1) is 0 Å². The number of hydrogen-bond acceptors (Lipinski definition) is 5. The van der Waals surface area contributed by atoms with Crippen LogP contribution >= 0.6 is 0 Å². The van der Waals surface area contributed by atoms with E-state index in [1.807, 2.05) is 65.4 Å². The summed E-state index contributed by atoms with van der Waals surface area (Å²) in [5.41, 5.74) is 4.02. The van der Waals surface area contributed by atoms with Gasteiger partial charge >= 0.3 is 0 Å². The fraction of sp³-hybridized carbons (Fsp3) is 0.393. The van der Waals surface area contributed by atoms with Gasteiger partial charge in [-0.25, -0.2) is 0 Å². The number of ether oxygens (including phenoxy) is 1. The van der Waals surface area contributed by atoms with Gasteiger partial charge in [-0.05, 0) is 36.4 Å². The molecule has 0 saturated carbocycles. The Hall–Kier alpha value is -3.65. The first-order valence-electron chi connectivity index (χ1n) is 12.5. The van der Waals surface area contributed by atoms with Crippen molar-refractivity contribution in [2.75, 3.05) is 20.1 Å². The van der Waals surface area contributed by atoms with Gasteiger partial charge in [0.25, 0.3) is 5.91 Å². The topological polar surface area (TPSA) is 79.7 Å². The molecule has 36 heavy (non-hydrogen) atoms. The third-order valence-corrected chi connectivity index (χ3v) is 6.95. The third-order valence-electron chi connectivity index (χ3n) is 6.95. The molecule has 0 unspecified atom stereocenters. The molecular formula is C28H33N5O3. The second-order valence-corrected chi connectivity index (χ2v) is 9.85. The number of carbonyl (C=O) groups excluding carboxylic acids is 2. The van der Waals surface area contributed by atoms with E-state index in [1.165, 1.54) is 11.1 Å². The maximum Gasteiger partial charge on any atom is 0.252 e. The monoisotopic (exact) mass is 487 g/mol. The number of nitrogens with one attached hydrogen (secondary N) is 1. The molecule has 3 heterocycles. The molecule has 0 bridgehead atoms. The Kier molecular flexibility index (Phi) is 7.04. The van der Waals surface area contributed by atoms with E-state index in [4.69, 9.17) is 4.74 Å². The molecule has 0 spiro atoms. The van der Waals surface area contributed by atoms with Crippen LogP contribution in [0.1, 0.15) is 52.4 Å². The van der Waals surface area contributed by atoms with Gasteiger partial charge in [0.15, 0.2) is 0 Å². The van der Waals surface area contributed by atoms with Crippen molar-refractivity contribution in [3.8, 4) is 5.75 Å². The number of hydrogen-bond donors (Lipinski definition) is 1. The Balaban J connectivity index is 1.07. The smallest absolute Gasteiger partial charge is 0.252 e. The maximum atomic E-state index is 12.9. The van der Waals surface area contributed by atoms with E-state index in [2.05, 4.69) is 34.5 Å². The van der Waals surface area contributed by atoms with E-state index in [0.717, 1.165) is 37.2 Å². The standard InChI is InChI=1S/C28H33N5O3/c1-31(18-21-16-29-32(2)19-21)17-20-7-9-22(10-8-20)36-23-11-13-33(14-12-23)27(34)15-26-24-5-3-4-6-25(24)28(35)30-26/h3-10,16,19,23,26H,11-15,17-18H2,1-2H3,(H,30,35)/t26-/m1/s1. The van der Waals surface area contributed by atoms with Crippen molar-refractivity contribution in [3.05, 3.63) is 83.2 Å². The van der Waals surface area contributed by atoms with Gasteiger partial charge in [0, 0.05) is 63.4 Å². The molecule has 2 aliphatic rings. The minimum Gasteiger partial charge on any atom is -0.490 e. The van der Waals surface area contributed by atoms with Gasteiger partial charge in [0.05, 0.1) is 18.7 Å². The Morgan fingerprint density at radius 2 is 1.81 bits per heavy atom. The van der Waals surface area contributed by atoms with E-state index in [1.54, 1.807) is 0 Å². The van der Waals surface area contributed by atoms with Crippen LogP contribution in [0.15, 0.2) is 60.9 Å². The normalized spacial score (nSPS) is 17.8. The Morgan fingerprint density at radius 3 is 2.53 bits per heavy atom. The van der Waals surface area contributed by atoms with Crippen molar-refractivity contribution in [2.24, 2.45) is 7.05 Å². The van der Waals surface area contributed by atoms with Crippen molar-refractivity contribution in [2.45, 2.75) is 44.5 Å². The van der Waals surface area contributed by atoms with Crippen LogP contribution in [0.4, 0.5) is 0 Å². The summed E-state index contributed by atoms with van der Waals surface area (Å²) in [5, 5.41) is 7.17. The van der Waals surface area contributed by atoms with Crippen LogP contribution in [0.2, 0.25) is 0 Å². The fourth-order valence-electron chi connectivity index (χ4n) is 5.11. The zero-order valence-electron chi connectivity index (χ0n) is 20.9. The van der Waals surface area contributed by atoms with E-state index < -0.39 is 0 Å². The van der Waals surface area contributed by atoms with Gasteiger partial charge in [0.1, 0.15) is 11.9 Å². The highest BCUT2D eigenvalue weighted by molar-refractivity contribution is 5.99. The number of piperidine rings is 1. The Morgan fingerprint density at radius 1 is 1.08 bits per heavy atom. The number of carbonyl (C=O) groups is 2. The molecule has 0 radical (unpaired) electrons. The van der Waals surface area contributed by atoms with E-state index in [0.29, 0.717) is 25.1 Å². The minimum atomic E-state index is -0.239. The predicted octanol–water partition coefficient (Wildman–Crippen LogP) is 3.30. The summed E-state index contributed by atoms with van der Waals surface area (Å²) in [4.78, 5) is 29.2. The molecule has 2 aliphatic heterocycles. The quantitative estimate of drug-likeness (QED) is 0.528. The SMILES string of the molecule is CN(Cc1ccc(OC2CCN(C(=O)C[C@H]3NC(=O)c4ccccc43)CC2)cc1)Cc1cnn(C)c1. The summed E-state index contributed by atoms with van der Waals surface area (Å²) in [5.74, 6) is 0.848. The van der Waals surface area contributed by atoms with E-state index in [9.17, 15) is 9.59 Å². The summed E-state index contributed by atoms with van der Waals surface area (Å²) < 4.78 is 8.04. The molecule has 0 aliphatic carbocycles. The van der Waals surface area contributed by atoms with Crippen molar-refractivity contribution < 1.29 is 14.3 Å². The number of benzene rings is 2. The Labute approximate surface area is 211 Å². The van der Waals surface area contributed by atoms with Crippen molar-refractivity contribution in [1.82, 2.24) is 24.9 Å². The van der Waals surface area contributed by atoms with Crippen molar-refractivity contribution >= 4 is 11.8 Å². The average Bonchev–Trinajstić information content (AvgIpc) is 3.43. The lowest BCUT2D eigenvalue weighted by Gasteiger charge is -2.33.